The number of rotatable bonds is 2. The Kier molecular flexibility index (Phi) is 4.12. The largest absolute Gasteiger partial charge is 0.461 e. The van der Waals surface area contributed by atoms with Crippen LogP contribution in [-0.2, 0) is 9.53 Å². The van der Waals surface area contributed by atoms with Gasteiger partial charge < -0.3 is 10.5 Å². The molecule has 1 saturated heterocycles. The van der Waals surface area contributed by atoms with Gasteiger partial charge in [0.1, 0.15) is 6.10 Å². The highest BCUT2D eigenvalue weighted by Crippen LogP contribution is 2.29. The summed E-state index contributed by atoms with van der Waals surface area (Å²) in [7, 11) is 0. The average molecular weight is 228 g/mol. The van der Waals surface area contributed by atoms with Gasteiger partial charge in [-0.1, -0.05) is 30.3 Å². The summed E-state index contributed by atoms with van der Waals surface area (Å²) in [5.74, 6) is -0.267. The van der Waals surface area contributed by atoms with Crippen LogP contribution in [0, 0.1) is 0 Å². The first-order chi connectivity index (χ1) is 6.81. The van der Waals surface area contributed by atoms with Crippen LogP contribution in [0.1, 0.15) is 17.9 Å². The zero-order valence-corrected chi connectivity index (χ0v) is 9.07. The number of hydrogen-bond acceptors (Lipinski definition) is 3. The molecule has 1 aliphatic rings. The number of carbonyl (C=O) groups is 1. The van der Waals surface area contributed by atoms with Crippen molar-refractivity contribution in [2.45, 2.75) is 18.4 Å². The molecule has 4 heteroatoms. The van der Waals surface area contributed by atoms with Gasteiger partial charge in [-0.05, 0) is 5.56 Å². The summed E-state index contributed by atoms with van der Waals surface area (Å²) >= 11 is 0. The first kappa shape index (κ1) is 12.0. The summed E-state index contributed by atoms with van der Waals surface area (Å²) in [4.78, 5) is 11.5. The predicted molar refractivity (Wildman–Crippen MR) is 60.0 cm³/mol. The summed E-state index contributed by atoms with van der Waals surface area (Å²) in [6.07, 6.45) is 0.604. The minimum absolute atomic E-state index is 0. The third kappa shape index (κ3) is 2.49. The van der Waals surface area contributed by atoms with Crippen LogP contribution < -0.4 is 5.73 Å². The molecule has 0 saturated carbocycles. The lowest BCUT2D eigenvalue weighted by atomic mass is 9.96. The van der Waals surface area contributed by atoms with Crippen molar-refractivity contribution < 1.29 is 9.53 Å². The van der Waals surface area contributed by atoms with Crippen LogP contribution in [0.3, 0.4) is 0 Å². The summed E-state index contributed by atoms with van der Waals surface area (Å²) in [5, 5.41) is 0. The van der Waals surface area contributed by atoms with E-state index in [1.54, 1.807) is 0 Å². The number of esters is 1. The van der Waals surface area contributed by atoms with E-state index in [2.05, 4.69) is 0 Å². The molecular formula is C11H14ClNO2. The maximum Gasteiger partial charge on any atom is 0.313 e. The van der Waals surface area contributed by atoms with E-state index in [4.69, 9.17) is 10.5 Å². The Morgan fingerprint density at radius 3 is 2.53 bits per heavy atom. The summed E-state index contributed by atoms with van der Waals surface area (Å²) in [6, 6.07) is 9.69. The monoisotopic (exact) mass is 227 g/mol. The summed E-state index contributed by atoms with van der Waals surface area (Å²) in [5.41, 5.74) is 6.48. The number of cyclic esters (lactones) is 1. The second-order valence-corrected chi connectivity index (χ2v) is 3.49. The van der Waals surface area contributed by atoms with Crippen LogP contribution in [0.4, 0.5) is 0 Å². The van der Waals surface area contributed by atoms with Crippen molar-refractivity contribution in [3.63, 3.8) is 0 Å². The first-order valence-electron chi connectivity index (χ1n) is 4.76. The standard InChI is InChI=1S/C11H13NO2.ClH/c12-7-9-6-10(11(13)14-9)8-4-2-1-3-5-8;/h1-5,9-10H,6-7,12H2;1H/t9-,10+;/m0./s1. The number of hydrogen-bond donors (Lipinski definition) is 1. The van der Waals surface area contributed by atoms with E-state index in [0.717, 1.165) is 5.56 Å². The zero-order chi connectivity index (χ0) is 9.97. The molecule has 0 unspecified atom stereocenters. The smallest absolute Gasteiger partial charge is 0.313 e. The number of ether oxygens (including phenoxy) is 1. The van der Waals surface area contributed by atoms with E-state index in [0.29, 0.717) is 13.0 Å². The average Bonchev–Trinajstić information content (AvgIpc) is 2.61. The highest BCUT2D eigenvalue weighted by Gasteiger charge is 2.34. The molecule has 82 valence electrons. The van der Waals surface area contributed by atoms with Crippen molar-refractivity contribution in [1.29, 1.82) is 0 Å². The van der Waals surface area contributed by atoms with Crippen molar-refractivity contribution in [3.05, 3.63) is 35.9 Å². The second kappa shape index (κ2) is 5.14. The molecule has 2 atom stereocenters. The molecule has 0 amide bonds. The van der Waals surface area contributed by atoms with Gasteiger partial charge in [-0.3, -0.25) is 4.79 Å². The molecule has 2 rings (SSSR count). The lowest BCUT2D eigenvalue weighted by Crippen LogP contribution is -2.18. The molecular weight excluding hydrogens is 214 g/mol. The molecule has 2 N–H and O–H groups in total. The van der Waals surface area contributed by atoms with Crippen LogP contribution in [0.15, 0.2) is 30.3 Å². The van der Waals surface area contributed by atoms with Crippen LogP contribution >= 0.6 is 12.4 Å². The fraction of sp³-hybridized carbons (Fsp3) is 0.364. The lowest BCUT2D eigenvalue weighted by Gasteiger charge is -2.04. The van der Waals surface area contributed by atoms with Crippen molar-refractivity contribution in [2.75, 3.05) is 6.54 Å². The molecule has 0 radical (unpaired) electrons. The normalized spacial score (nSPS) is 24.5. The van der Waals surface area contributed by atoms with Crippen LogP contribution in [0.25, 0.3) is 0 Å². The summed E-state index contributed by atoms with van der Waals surface area (Å²) < 4.78 is 5.11. The Bertz CT molecular complexity index is 329. The maximum atomic E-state index is 11.5. The molecule has 1 aromatic rings. The van der Waals surface area contributed by atoms with E-state index in [1.807, 2.05) is 30.3 Å². The molecule has 0 spiro atoms. The lowest BCUT2D eigenvalue weighted by molar-refractivity contribution is -0.142. The predicted octanol–water partition coefficient (Wildman–Crippen LogP) is 1.47. The van der Waals surface area contributed by atoms with Crippen LogP contribution in [0.5, 0.6) is 0 Å². The van der Waals surface area contributed by atoms with E-state index < -0.39 is 0 Å². The van der Waals surface area contributed by atoms with Gasteiger partial charge in [-0.2, -0.15) is 0 Å². The fourth-order valence-electron chi connectivity index (χ4n) is 1.76. The van der Waals surface area contributed by atoms with E-state index >= 15 is 0 Å². The molecule has 1 aliphatic heterocycles. The minimum atomic E-state index is -0.147. The quantitative estimate of drug-likeness (QED) is 0.779. The Balaban J connectivity index is 0.00000112. The maximum absolute atomic E-state index is 11.5. The van der Waals surface area contributed by atoms with Crippen molar-refractivity contribution in [3.8, 4) is 0 Å². The Morgan fingerprint density at radius 1 is 1.33 bits per heavy atom. The van der Waals surface area contributed by atoms with E-state index in [9.17, 15) is 4.79 Å². The van der Waals surface area contributed by atoms with Crippen LogP contribution in [0.2, 0.25) is 0 Å². The van der Waals surface area contributed by atoms with Crippen LogP contribution in [-0.4, -0.2) is 18.6 Å². The van der Waals surface area contributed by atoms with E-state index in [-0.39, 0.29) is 30.4 Å². The highest BCUT2D eigenvalue weighted by molar-refractivity contribution is 5.85. The minimum Gasteiger partial charge on any atom is -0.461 e. The number of nitrogens with two attached hydrogens (primary N) is 1. The number of carbonyl (C=O) groups excluding carboxylic acids is 1. The van der Waals surface area contributed by atoms with Gasteiger partial charge in [0.25, 0.3) is 0 Å². The SMILES string of the molecule is Cl.NC[C@@H]1C[C@H](c2ccccc2)C(=O)O1. The number of halogens is 1. The van der Waals surface area contributed by atoms with Crippen molar-refractivity contribution in [1.82, 2.24) is 0 Å². The second-order valence-electron chi connectivity index (χ2n) is 3.49. The fourth-order valence-corrected chi connectivity index (χ4v) is 1.76. The van der Waals surface area contributed by atoms with E-state index in [1.165, 1.54) is 0 Å². The van der Waals surface area contributed by atoms with Gasteiger partial charge in [-0.25, -0.2) is 0 Å². The molecule has 0 aromatic heterocycles. The molecule has 1 aromatic carbocycles. The topological polar surface area (TPSA) is 52.3 Å². The Hall–Kier alpha value is -1.06. The molecule has 15 heavy (non-hydrogen) atoms. The third-order valence-corrected chi connectivity index (χ3v) is 2.53. The summed E-state index contributed by atoms with van der Waals surface area (Å²) in [6.45, 7) is 0.412. The van der Waals surface area contributed by atoms with Gasteiger partial charge in [0, 0.05) is 13.0 Å². The zero-order valence-electron chi connectivity index (χ0n) is 8.26. The molecule has 0 bridgehead atoms. The molecule has 0 aliphatic carbocycles. The third-order valence-electron chi connectivity index (χ3n) is 2.53. The van der Waals surface area contributed by atoms with Gasteiger partial charge >= 0.3 is 5.97 Å². The van der Waals surface area contributed by atoms with Gasteiger partial charge in [0.15, 0.2) is 0 Å². The van der Waals surface area contributed by atoms with Crippen molar-refractivity contribution >= 4 is 18.4 Å². The number of benzene rings is 1. The van der Waals surface area contributed by atoms with Gasteiger partial charge in [0.05, 0.1) is 5.92 Å². The Morgan fingerprint density at radius 2 is 2.00 bits per heavy atom. The van der Waals surface area contributed by atoms with Gasteiger partial charge in [-0.15, -0.1) is 12.4 Å². The van der Waals surface area contributed by atoms with Crippen molar-refractivity contribution in [2.24, 2.45) is 5.73 Å². The molecule has 1 heterocycles. The first-order valence-corrected chi connectivity index (χ1v) is 4.76. The van der Waals surface area contributed by atoms with Gasteiger partial charge in [0.2, 0.25) is 0 Å². The molecule has 1 fully saturated rings. The molecule has 3 nitrogen and oxygen atoms in total. The Labute approximate surface area is 95.0 Å². The highest BCUT2D eigenvalue weighted by atomic mass is 35.5.